The van der Waals surface area contributed by atoms with Crippen molar-refractivity contribution in [3.05, 3.63) is 90.5 Å². The van der Waals surface area contributed by atoms with Crippen molar-refractivity contribution in [1.29, 1.82) is 0 Å². The fourth-order valence-corrected chi connectivity index (χ4v) is 4.02. The van der Waals surface area contributed by atoms with Gasteiger partial charge in [-0.05, 0) is 11.6 Å². The van der Waals surface area contributed by atoms with Crippen LogP contribution in [-0.2, 0) is 6.54 Å². The van der Waals surface area contributed by atoms with Gasteiger partial charge in [-0.1, -0.05) is 78.9 Å². The van der Waals surface area contributed by atoms with Gasteiger partial charge in [0.05, 0.1) is 0 Å². The van der Waals surface area contributed by atoms with E-state index in [-0.39, 0.29) is 0 Å². The summed E-state index contributed by atoms with van der Waals surface area (Å²) >= 11 is 0. The van der Waals surface area contributed by atoms with Crippen LogP contribution in [0.4, 0.5) is 0 Å². The lowest BCUT2D eigenvalue weighted by Gasteiger charge is -2.29. The lowest BCUT2D eigenvalue weighted by Crippen LogP contribution is -3.27. The minimum absolute atomic E-state index is 0.771. The topological polar surface area (TPSA) is 18.1 Å². The van der Waals surface area contributed by atoms with E-state index in [1.807, 2.05) is 0 Å². The molecule has 0 bridgehead atoms. The number of quaternary nitrogens is 2. The van der Waals surface area contributed by atoms with E-state index in [9.17, 15) is 0 Å². The lowest BCUT2D eigenvalue weighted by molar-refractivity contribution is -1.02. The predicted octanol–water partition coefficient (Wildman–Crippen LogP) is 1.72. The lowest BCUT2D eigenvalue weighted by atomic mass is 10.1. The van der Waals surface area contributed by atoms with Gasteiger partial charge < -0.3 is 14.5 Å². The van der Waals surface area contributed by atoms with E-state index in [4.69, 9.17) is 4.74 Å². The van der Waals surface area contributed by atoms with Gasteiger partial charge in [-0.3, -0.25) is 0 Å². The summed E-state index contributed by atoms with van der Waals surface area (Å²) in [7, 11) is 0. The molecule has 2 N–H and O–H groups in total. The van der Waals surface area contributed by atoms with Crippen LogP contribution >= 0.6 is 0 Å². The molecule has 1 fully saturated rings. The molecule has 3 heteroatoms. The van der Waals surface area contributed by atoms with Crippen molar-refractivity contribution >= 4 is 0 Å². The Balaban J connectivity index is 1.25. The highest BCUT2D eigenvalue weighted by Gasteiger charge is 2.22. The number of rotatable bonds is 7. The van der Waals surface area contributed by atoms with Crippen molar-refractivity contribution in [2.45, 2.75) is 6.54 Å². The number of ether oxygens (including phenoxy) is 1. The first-order valence-electron chi connectivity index (χ1n) is 10.4. The van der Waals surface area contributed by atoms with Gasteiger partial charge in [0.15, 0.2) is 0 Å². The summed E-state index contributed by atoms with van der Waals surface area (Å²) in [6.07, 6.45) is 0. The molecule has 28 heavy (non-hydrogen) atoms. The second-order valence-corrected chi connectivity index (χ2v) is 7.62. The molecule has 4 rings (SSSR count). The fourth-order valence-electron chi connectivity index (χ4n) is 4.02. The number of piperazine rings is 1. The van der Waals surface area contributed by atoms with E-state index < -0.39 is 0 Å². The average Bonchev–Trinajstić information content (AvgIpc) is 2.77. The molecule has 3 aromatic rings. The normalized spacial score (nSPS) is 19.3. The highest BCUT2D eigenvalue weighted by Crippen LogP contribution is 2.29. The second kappa shape index (κ2) is 9.54. The van der Waals surface area contributed by atoms with Crippen LogP contribution in [0.15, 0.2) is 84.9 Å². The summed E-state index contributed by atoms with van der Waals surface area (Å²) in [4.78, 5) is 3.36. The Morgan fingerprint density at radius 3 is 2.00 bits per heavy atom. The molecule has 0 unspecified atom stereocenters. The second-order valence-electron chi connectivity index (χ2n) is 7.62. The molecule has 0 amide bonds. The molecule has 3 nitrogen and oxygen atoms in total. The Morgan fingerprint density at radius 1 is 0.643 bits per heavy atom. The molecule has 1 heterocycles. The number of benzene rings is 3. The molecule has 144 valence electrons. The molecule has 0 radical (unpaired) electrons. The van der Waals surface area contributed by atoms with E-state index >= 15 is 0 Å². The number of hydrogen-bond donors (Lipinski definition) is 2. The van der Waals surface area contributed by atoms with Crippen molar-refractivity contribution in [1.82, 2.24) is 0 Å². The summed E-state index contributed by atoms with van der Waals surface area (Å²) in [6.45, 7) is 7.93. The first-order chi connectivity index (χ1) is 13.9. The standard InChI is InChI=1S/C25H28N2O/c1-3-9-22(10-4-1)21-27-17-15-26(16-18-27)19-20-28-25-14-8-7-13-24(25)23-11-5-2-6-12-23/h1-14H,15-21H2/p+2. The summed E-state index contributed by atoms with van der Waals surface area (Å²) in [5.74, 6) is 0.987. The van der Waals surface area contributed by atoms with E-state index in [0.717, 1.165) is 25.4 Å². The van der Waals surface area contributed by atoms with Crippen LogP contribution in [0.2, 0.25) is 0 Å². The number of nitrogens with one attached hydrogen (secondary N) is 2. The molecular formula is C25H30N2O+2. The molecule has 0 atom stereocenters. The summed E-state index contributed by atoms with van der Waals surface area (Å²) in [5.41, 5.74) is 3.83. The molecule has 0 aliphatic carbocycles. The monoisotopic (exact) mass is 374 g/mol. The van der Waals surface area contributed by atoms with Gasteiger partial charge in [-0.2, -0.15) is 0 Å². The van der Waals surface area contributed by atoms with Crippen molar-refractivity contribution in [2.75, 3.05) is 39.3 Å². The summed E-state index contributed by atoms with van der Waals surface area (Å²) in [5, 5.41) is 0. The van der Waals surface area contributed by atoms with Crippen LogP contribution in [-0.4, -0.2) is 39.3 Å². The maximum Gasteiger partial charge on any atom is 0.137 e. The van der Waals surface area contributed by atoms with Gasteiger partial charge in [0.25, 0.3) is 0 Å². The molecule has 1 saturated heterocycles. The van der Waals surface area contributed by atoms with Gasteiger partial charge in [0, 0.05) is 11.1 Å². The van der Waals surface area contributed by atoms with Crippen LogP contribution in [0, 0.1) is 0 Å². The SMILES string of the molecule is c1ccc(C[NH+]2CC[NH+](CCOc3ccccc3-c3ccccc3)CC2)cc1. The predicted molar refractivity (Wildman–Crippen MR) is 114 cm³/mol. The van der Waals surface area contributed by atoms with Crippen molar-refractivity contribution in [3.63, 3.8) is 0 Å². The molecule has 0 spiro atoms. The van der Waals surface area contributed by atoms with Gasteiger partial charge in [0.1, 0.15) is 51.6 Å². The average molecular weight is 375 g/mol. The smallest absolute Gasteiger partial charge is 0.137 e. The van der Waals surface area contributed by atoms with E-state index in [0.29, 0.717) is 0 Å². The van der Waals surface area contributed by atoms with Crippen molar-refractivity contribution in [2.24, 2.45) is 0 Å². The first kappa shape index (κ1) is 18.7. The molecular weight excluding hydrogens is 344 g/mol. The molecule has 1 aliphatic rings. The highest BCUT2D eigenvalue weighted by molar-refractivity contribution is 5.70. The zero-order chi connectivity index (χ0) is 19.0. The van der Waals surface area contributed by atoms with Crippen LogP contribution in [0.1, 0.15) is 5.56 Å². The highest BCUT2D eigenvalue weighted by atomic mass is 16.5. The number of para-hydroxylation sites is 1. The Bertz CT molecular complexity index is 843. The number of hydrogen-bond acceptors (Lipinski definition) is 1. The summed E-state index contributed by atoms with van der Waals surface area (Å²) in [6, 6.07) is 29.7. The third-order valence-corrected chi connectivity index (χ3v) is 5.65. The summed E-state index contributed by atoms with van der Waals surface area (Å²) < 4.78 is 6.19. The van der Waals surface area contributed by atoms with Crippen molar-refractivity contribution in [3.8, 4) is 16.9 Å². The molecule has 1 aliphatic heterocycles. The van der Waals surface area contributed by atoms with Gasteiger partial charge >= 0.3 is 0 Å². The van der Waals surface area contributed by atoms with Crippen LogP contribution in [0.3, 0.4) is 0 Å². The molecule has 0 aromatic heterocycles. The van der Waals surface area contributed by atoms with Gasteiger partial charge in [0.2, 0.25) is 0 Å². The Morgan fingerprint density at radius 2 is 1.25 bits per heavy atom. The van der Waals surface area contributed by atoms with E-state index in [2.05, 4.69) is 84.9 Å². The maximum atomic E-state index is 6.19. The molecule has 0 saturated carbocycles. The zero-order valence-electron chi connectivity index (χ0n) is 16.4. The van der Waals surface area contributed by atoms with Crippen molar-refractivity contribution < 1.29 is 14.5 Å². The fraction of sp³-hybridized carbons (Fsp3) is 0.280. The molecule has 3 aromatic carbocycles. The Labute approximate surface area is 168 Å². The van der Waals surface area contributed by atoms with Gasteiger partial charge in [-0.15, -0.1) is 0 Å². The maximum absolute atomic E-state index is 6.19. The zero-order valence-corrected chi connectivity index (χ0v) is 16.4. The van der Waals surface area contributed by atoms with Crippen LogP contribution in [0.25, 0.3) is 11.1 Å². The van der Waals surface area contributed by atoms with E-state index in [1.165, 1.54) is 42.9 Å². The minimum atomic E-state index is 0.771. The van der Waals surface area contributed by atoms with Crippen LogP contribution < -0.4 is 14.5 Å². The minimum Gasteiger partial charge on any atom is -0.487 e. The first-order valence-corrected chi connectivity index (χ1v) is 10.4. The third-order valence-electron chi connectivity index (χ3n) is 5.65. The van der Waals surface area contributed by atoms with E-state index in [1.54, 1.807) is 9.80 Å². The third kappa shape index (κ3) is 5.00. The Kier molecular flexibility index (Phi) is 6.38. The van der Waals surface area contributed by atoms with Crippen LogP contribution in [0.5, 0.6) is 5.75 Å². The van der Waals surface area contributed by atoms with Gasteiger partial charge in [-0.25, -0.2) is 0 Å². The Hall–Kier alpha value is -2.62. The largest absolute Gasteiger partial charge is 0.487 e. The quantitative estimate of drug-likeness (QED) is 0.644.